The van der Waals surface area contributed by atoms with Crippen LogP contribution < -0.4 is 4.90 Å². The van der Waals surface area contributed by atoms with E-state index in [9.17, 15) is 9.90 Å². The smallest absolute Gasteiger partial charge is 0.346 e. The Labute approximate surface area is 122 Å². The van der Waals surface area contributed by atoms with Gasteiger partial charge in [0.25, 0.3) is 0 Å². The molecule has 0 aliphatic rings. The van der Waals surface area contributed by atoms with Crippen LogP contribution in [0.25, 0.3) is 10.2 Å². The number of aromatic carboxylic acids is 1. The summed E-state index contributed by atoms with van der Waals surface area (Å²) in [6.45, 7) is 9.95. The molecule has 0 amide bonds. The van der Waals surface area contributed by atoms with Gasteiger partial charge in [0, 0.05) is 13.1 Å². The number of hydrogen-bond donors (Lipinski definition) is 1. The maximum Gasteiger partial charge on any atom is 0.346 e. The molecule has 2 aromatic rings. The van der Waals surface area contributed by atoms with Crippen LogP contribution in [-0.4, -0.2) is 34.1 Å². The summed E-state index contributed by atoms with van der Waals surface area (Å²) >= 11 is 1.22. The molecule has 0 spiro atoms. The van der Waals surface area contributed by atoms with Crippen LogP contribution in [0.1, 0.15) is 36.0 Å². The van der Waals surface area contributed by atoms with Gasteiger partial charge in [0.1, 0.15) is 21.9 Å². The predicted octanol–water partition coefficient (Wildman–Crippen LogP) is 3.18. The second-order valence-electron chi connectivity index (χ2n) is 5.17. The van der Waals surface area contributed by atoms with Gasteiger partial charge in [0.2, 0.25) is 0 Å². The second-order valence-corrected chi connectivity index (χ2v) is 6.17. The van der Waals surface area contributed by atoms with Crippen LogP contribution in [0, 0.1) is 12.8 Å². The van der Waals surface area contributed by atoms with Gasteiger partial charge in [0.15, 0.2) is 0 Å². The Morgan fingerprint density at radius 2 is 2.15 bits per heavy atom. The van der Waals surface area contributed by atoms with Crippen LogP contribution in [-0.2, 0) is 0 Å². The van der Waals surface area contributed by atoms with Crippen LogP contribution >= 0.6 is 11.3 Å². The second kappa shape index (κ2) is 5.75. The highest BCUT2D eigenvalue weighted by Crippen LogP contribution is 2.34. The van der Waals surface area contributed by atoms with Gasteiger partial charge in [-0.1, -0.05) is 13.8 Å². The van der Waals surface area contributed by atoms with Gasteiger partial charge in [-0.2, -0.15) is 0 Å². The number of nitrogens with zero attached hydrogens (tertiary/aromatic N) is 3. The number of carboxylic acids is 1. The maximum absolute atomic E-state index is 11.3. The minimum absolute atomic E-state index is 0.349. The summed E-state index contributed by atoms with van der Waals surface area (Å²) in [7, 11) is 0. The van der Waals surface area contributed by atoms with E-state index >= 15 is 0 Å². The highest BCUT2D eigenvalue weighted by molar-refractivity contribution is 7.20. The zero-order valence-electron chi connectivity index (χ0n) is 12.2. The fourth-order valence-electron chi connectivity index (χ4n) is 2.30. The van der Waals surface area contributed by atoms with Crippen molar-refractivity contribution < 1.29 is 9.90 Å². The third-order valence-corrected chi connectivity index (χ3v) is 4.36. The van der Waals surface area contributed by atoms with E-state index in [-0.39, 0.29) is 0 Å². The number of anilines is 1. The van der Waals surface area contributed by atoms with E-state index in [1.807, 2.05) is 6.92 Å². The SMILES string of the molecule is CCN(CC(C)C)c1ncnc2sc(C(=O)O)c(C)c12. The van der Waals surface area contributed by atoms with Crippen molar-refractivity contribution in [3.8, 4) is 0 Å². The highest BCUT2D eigenvalue weighted by atomic mass is 32.1. The van der Waals surface area contributed by atoms with Crippen LogP contribution in [0.5, 0.6) is 0 Å². The fourth-order valence-corrected chi connectivity index (χ4v) is 3.29. The van der Waals surface area contributed by atoms with Crippen LogP contribution in [0.15, 0.2) is 6.33 Å². The molecule has 2 rings (SSSR count). The summed E-state index contributed by atoms with van der Waals surface area (Å²) in [4.78, 5) is 23.2. The Hall–Kier alpha value is -1.69. The lowest BCUT2D eigenvalue weighted by Gasteiger charge is -2.24. The molecule has 0 atom stereocenters. The Kier molecular flexibility index (Phi) is 4.23. The normalized spacial score (nSPS) is 11.2. The molecule has 0 saturated carbocycles. The number of fused-ring (bicyclic) bond motifs is 1. The van der Waals surface area contributed by atoms with Crippen molar-refractivity contribution >= 4 is 33.3 Å². The topological polar surface area (TPSA) is 66.3 Å². The molecule has 6 heteroatoms. The molecule has 20 heavy (non-hydrogen) atoms. The van der Waals surface area contributed by atoms with E-state index in [2.05, 4.69) is 35.6 Å². The van der Waals surface area contributed by atoms with Crippen molar-refractivity contribution in [1.82, 2.24) is 9.97 Å². The fraction of sp³-hybridized carbons (Fsp3) is 0.500. The number of carboxylic acid groups (broad SMARTS) is 1. The Bertz CT molecular complexity index is 637. The minimum atomic E-state index is -0.900. The first kappa shape index (κ1) is 14.7. The molecule has 0 radical (unpaired) electrons. The summed E-state index contributed by atoms with van der Waals surface area (Å²) in [5.41, 5.74) is 0.760. The Morgan fingerprint density at radius 1 is 1.45 bits per heavy atom. The summed E-state index contributed by atoms with van der Waals surface area (Å²) in [5.74, 6) is 0.452. The van der Waals surface area contributed by atoms with E-state index in [1.54, 1.807) is 0 Å². The monoisotopic (exact) mass is 293 g/mol. The summed E-state index contributed by atoms with van der Waals surface area (Å²) in [5, 5.41) is 10.1. The standard InChI is InChI=1S/C14H19N3O2S/c1-5-17(6-8(2)3)12-10-9(4)11(14(18)19)20-13(10)16-7-15-12/h7-8H,5-6H2,1-4H3,(H,18,19). The van der Waals surface area contributed by atoms with Crippen molar-refractivity contribution in [1.29, 1.82) is 0 Å². The van der Waals surface area contributed by atoms with Crippen LogP contribution in [0.2, 0.25) is 0 Å². The van der Waals surface area contributed by atoms with Gasteiger partial charge >= 0.3 is 5.97 Å². The molecule has 0 aliphatic heterocycles. The average Bonchev–Trinajstić information content (AvgIpc) is 2.73. The molecule has 0 unspecified atom stereocenters. The lowest BCUT2D eigenvalue weighted by Crippen LogP contribution is -2.28. The number of aryl methyl sites for hydroxylation is 1. The molecular weight excluding hydrogens is 274 g/mol. The number of rotatable bonds is 5. The number of thiophene rings is 1. The van der Waals surface area contributed by atoms with Gasteiger partial charge in [-0.15, -0.1) is 11.3 Å². The minimum Gasteiger partial charge on any atom is -0.477 e. The van der Waals surface area contributed by atoms with Crippen LogP contribution in [0.3, 0.4) is 0 Å². The molecule has 0 aromatic carbocycles. The predicted molar refractivity (Wildman–Crippen MR) is 81.8 cm³/mol. The van der Waals surface area contributed by atoms with E-state index in [4.69, 9.17) is 0 Å². The summed E-state index contributed by atoms with van der Waals surface area (Å²) in [6.07, 6.45) is 1.52. The van der Waals surface area contributed by atoms with E-state index in [0.717, 1.165) is 34.7 Å². The van der Waals surface area contributed by atoms with Crippen molar-refractivity contribution in [3.05, 3.63) is 16.8 Å². The van der Waals surface area contributed by atoms with Gasteiger partial charge in [0.05, 0.1) is 5.39 Å². The highest BCUT2D eigenvalue weighted by Gasteiger charge is 2.21. The zero-order valence-corrected chi connectivity index (χ0v) is 13.0. The number of carbonyl (C=O) groups is 1. The Balaban J connectivity index is 2.61. The maximum atomic E-state index is 11.3. The quantitative estimate of drug-likeness (QED) is 0.917. The Morgan fingerprint density at radius 3 is 2.70 bits per heavy atom. The largest absolute Gasteiger partial charge is 0.477 e. The van der Waals surface area contributed by atoms with Crippen molar-refractivity contribution in [2.24, 2.45) is 5.92 Å². The lowest BCUT2D eigenvalue weighted by molar-refractivity contribution is 0.0701. The van der Waals surface area contributed by atoms with E-state index in [0.29, 0.717) is 10.8 Å². The van der Waals surface area contributed by atoms with Gasteiger partial charge in [-0.25, -0.2) is 14.8 Å². The molecular formula is C14H19N3O2S. The molecule has 1 N–H and O–H groups in total. The number of hydrogen-bond acceptors (Lipinski definition) is 5. The van der Waals surface area contributed by atoms with Gasteiger partial charge in [-0.05, 0) is 25.3 Å². The lowest BCUT2D eigenvalue weighted by atomic mass is 10.1. The molecule has 5 nitrogen and oxygen atoms in total. The first-order chi connectivity index (χ1) is 9.45. The molecule has 0 aliphatic carbocycles. The number of aromatic nitrogens is 2. The van der Waals surface area contributed by atoms with Crippen molar-refractivity contribution in [2.45, 2.75) is 27.7 Å². The van der Waals surface area contributed by atoms with Gasteiger partial charge in [-0.3, -0.25) is 0 Å². The van der Waals surface area contributed by atoms with E-state index < -0.39 is 5.97 Å². The third-order valence-electron chi connectivity index (χ3n) is 3.17. The first-order valence-corrected chi connectivity index (χ1v) is 7.49. The summed E-state index contributed by atoms with van der Waals surface area (Å²) in [6, 6.07) is 0. The van der Waals surface area contributed by atoms with E-state index in [1.165, 1.54) is 17.7 Å². The first-order valence-electron chi connectivity index (χ1n) is 6.68. The zero-order chi connectivity index (χ0) is 14.9. The molecule has 0 fully saturated rings. The average molecular weight is 293 g/mol. The van der Waals surface area contributed by atoms with Crippen molar-refractivity contribution in [2.75, 3.05) is 18.0 Å². The molecule has 0 bridgehead atoms. The molecule has 108 valence electrons. The van der Waals surface area contributed by atoms with Gasteiger partial charge < -0.3 is 10.0 Å². The summed E-state index contributed by atoms with van der Waals surface area (Å²) < 4.78 is 0. The molecule has 2 heterocycles. The molecule has 2 aromatic heterocycles. The van der Waals surface area contributed by atoms with Crippen molar-refractivity contribution in [3.63, 3.8) is 0 Å². The third kappa shape index (κ3) is 2.60. The molecule has 0 saturated heterocycles. The van der Waals surface area contributed by atoms with Crippen LogP contribution in [0.4, 0.5) is 5.82 Å².